The number of nitrogens with one attached hydrogen (secondary N) is 1. The minimum atomic E-state index is 0.365. The molecule has 0 radical (unpaired) electrons. The average molecular weight is 301 g/mol. The molecule has 1 aromatic carbocycles. The highest BCUT2D eigenvalue weighted by Crippen LogP contribution is 2.30. The summed E-state index contributed by atoms with van der Waals surface area (Å²) < 4.78 is 0. The number of halogens is 2. The molecule has 4 heteroatoms. The second-order valence-electron chi connectivity index (χ2n) is 5.18. The molecule has 1 aliphatic heterocycles. The Bertz CT molecular complexity index is 417. The van der Waals surface area contributed by atoms with Crippen molar-refractivity contribution in [3.63, 3.8) is 0 Å². The van der Waals surface area contributed by atoms with Crippen molar-refractivity contribution in [2.45, 2.75) is 38.8 Å². The normalized spacial score (nSPS) is 21.6. The van der Waals surface area contributed by atoms with Crippen LogP contribution in [0.25, 0.3) is 0 Å². The number of piperidine rings is 1. The van der Waals surface area contributed by atoms with E-state index in [1.807, 2.05) is 12.1 Å². The maximum absolute atomic E-state index is 6.13. The van der Waals surface area contributed by atoms with Gasteiger partial charge in [0, 0.05) is 18.6 Å². The molecule has 1 heterocycles. The third-order valence-corrected chi connectivity index (χ3v) is 4.77. The topological polar surface area (TPSA) is 15.3 Å². The first-order valence-corrected chi connectivity index (χ1v) is 7.80. The lowest BCUT2D eigenvalue weighted by atomic mass is 10.0. The van der Waals surface area contributed by atoms with Gasteiger partial charge in [0.25, 0.3) is 0 Å². The zero-order valence-corrected chi connectivity index (χ0v) is 13.1. The van der Waals surface area contributed by atoms with Gasteiger partial charge in [-0.1, -0.05) is 36.2 Å². The van der Waals surface area contributed by atoms with Crippen LogP contribution in [-0.4, -0.2) is 30.6 Å². The molecule has 1 N–H and O–H groups in total. The van der Waals surface area contributed by atoms with Crippen LogP contribution in [0.1, 0.15) is 38.3 Å². The first-order valence-electron chi connectivity index (χ1n) is 7.05. The fourth-order valence-electron chi connectivity index (χ4n) is 2.93. The molecule has 106 valence electrons. The first kappa shape index (κ1) is 15.1. The maximum Gasteiger partial charge on any atom is 0.0595 e. The van der Waals surface area contributed by atoms with E-state index in [2.05, 4.69) is 30.1 Å². The molecule has 1 aromatic rings. The fraction of sp³-hybridized carbons (Fsp3) is 0.600. The van der Waals surface area contributed by atoms with Crippen molar-refractivity contribution < 1.29 is 0 Å². The van der Waals surface area contributed by atoms with Crippen LogP contribution in [0.4, 0.5) is 0 Å². The summed E-state index contributed by atoms with van der Waals surface area (Å²) in [6, 6.07) is 6.95. The van der Waals surface area contributed by atoms with Crippen molar-refractivity contribution >= 4 is 23.2 Å². The number of benzene rings is 1. The average Bonchev–Trinajstić information content (AvgIpc) is 2.44. The van der Waals surface area contributed by atoms with Gasteiger partial charge < -0.3 is 5.32 Å². The molecule has 1 saturated heterocycles. The Morgan fingerprint density at radius 3 is 2.74 bits per heavy atom. The Labute approximate surface area is 126 Å². The SMILES string of the molecule is CCN(C1CCCNC1)C(C)c1ccc(Cl)c(Cl)c1. The summed E-state index contributed by atoms with van der Waals surface area (Å²) in [5, 5.41) is 4.76. The van der Waals surface area contributed by atoms with E-state index in [0.29, 0.717) is 22.1 Å². The van der Waals surface area contributed by atoms with Crippen molar-refractivity contribution in [3.05, 3.63) is 33.8 Å². The summed E-state index contributed by atoms with van der Waals surface area (Å²) >= 11 is 12.1. The molecule has 0 aliphatic carbocycles. The Hall–Kier alpha value is -0.280. The van der Waals surface area contributed by atoms with Gasteiger partial charge in [0.15, 0.2) is 0 Å². The summed E-state index contributed by atoms with van der Waals surface area (Å²) in [4.78, 5) is 2.55. The highest BCUT2D eigenvalue weighted by atomic mass is 35.5. The maximum atomic E-state index is 6.13. The van der Waals surface area contributed by atoms with Crippen molar-refractivity contribution in [2.24, 2.45) is 0 Å². The molecule has 0 amide bonds. The van der Waals surface area contributed by atoms with Crippen LogP contribution in [0.15, 0.2) is 18.2 Å². The summed E-state index contributed by atoms with van der Waals surface area (Å²) in [5.41, 5.74) is 1.24. The summed E-state index contributed by atoms with van der Waals surface area (Å²) in [5.74, 6) is 0. The van der Waals surface area contributed by atoms with Crippen LogP contribution in [-0.2, 0) is 0 Å². The molecule has 0 bridgehead atoms. The van der Waals surface area contributed by atoms with E-state index in [-0.39, 0.29) is 0 Å². The number of rotatable bonds is 4. The Morgan fingerprint density at radius 1 is 1.37 bits per heavy atom. The third kappa shape index (κ3) is 3.63. The second-order valence-corrected chi connectivity index (χ2v) is 5.99. The lowest BCUT2D eigenvalue weighted by molar-refractivity contribution is 0.128. The summed E-state index contributed by atoms with van der Waals surface area (Å²) in [7, 11) is 0. The molecule has 0 aromatic heterocycles. The molecule has 0 saturated carbocycles. The molecular weight excluding hydrogens is 279 g/mol. The van der Waals surface area contributed by atoms with E-state index >= 15 is 0 Å². The highest BCUT2D eigenvalue weighted by molar-refractivity contribution is 6.42. The van der Waals surface area contributed by atoms with Crippen LogP contribution in [0.5, 0.6) is 0 Å². The van der Waals surface area contributed by atoms with Crippen LogP contribution in [0.2, 0.25) is 10.0 Å². The summed E-state index contributed by atoms with van der Waals surface area (Å²) in [6.45, 7) is 7.75. The van der Waals surface area contributed by atoms with E-state index in [1.165, 1.54) is 18.4 Å². The molecular formula is C15H22Cl2N2. The van der Waals surface area contributed by atoms with Crippen molar-refractivity contribution in [1.82, 2.24) is 10.2 Å². The van der Waals surface area contributed by atoms with Gasteiger partial charge in [0.05, 0.1) is 10.0 Å². The predicted molar refractivity (Wildman–Crippen MR) is 83.1 cm³/mol. The molecule has 2 atom stereocenters. The number of likely N-dealkylation sites (N-methyl/N-ethyl adjacent to an activating group) is 1. The molecule has 0 spiro atoms. The van der Waals surface area contributed by atoms with E-state index in [4.69, 9.17) is 23.2 Å². The van der Waals surface area contributed by atoms with Crippen molar-refractivity contribution in [1.29, 1.82) is 0 Å². The standard InChI is InChI=1S/C15H22Cl2N2/c1-3-19(13-5-4-8-18-10-13)11(2)12-6-7-14(16)15(17)9-12/h6-7,9,11,13,18H,3-5,8,10H2,1-2H3. The third-order valence-electron chi connectivity index (χ3n) is 4.03. The molecule has 2 rings (SSSR count). The number of hydrogen-bond donors (Lipinski definition) is 1. The fourth-order valence-corrected chi connectivity index (χ4v) is 3.24. The van der Waals surface area contributed by atoms with Crippen molar-refractivity contribution in [2.75, 3.05) is 19.6 Å². The lowest BCUT2D eigenvalue weighted by Gasteiger charge is -2.38. The van der Waals surface area contributed by atoms with Crippen LogP contribution >= 0.6 is 23.2 Å². The summed E-state index contributed by atoms with van der Waals surface area (Å²) in [6.07, 6.45) is 2.53. The largest absolute Gasteiger partial charge is 0.315 e. The predicted octanol–water partition coefficient (Wildman–Crippen LogP) is 4.13. The van der Waals surface area contributed by atoms with Gasteiger partial charge in [-0.15, -0.1) is 0 Å². The van der Waals surface area contributed by atoms with Gasteiger partial charge in [-0.2, -0.15) is 0 Å². The second kappa shape index (κ2) is 6.94. The van der Waals surface area contributed by atoms with Gasteiger partial charge >= 0.3 is 0 Å². The van der Waals surface area contributed by atoms with Gasteiger partial charge in [0.2, 0.25) is 0 Å². The van der Waals surface area contributed by atoms with Crippen molar-refractivity contribution in [3.8, 4) is 0 Å². The molecule has 2 unspecified atom stereocenters. The van der Waals surface area contributed by atoms with Crippen LogP contribution < -0.4 is 5.32 Å². The van der Waals surface area contributed by atoms with Gasteiger partial charge in [-0.05, 0) is 50.6 Å². The Kier molecular flexibility index (Phi) is 5.52. The smallest absolute Gasteiger partial charge is 0.0595 e. The van der Waals surface area contributed by atoms with Gasteiger partial charge in [-0.3, -0.25) is 4.90 Å². The van der Waals surface area contributed by atoms with Crippen LogP contribution in [0, 0.1) is 0 Å². The highest BCUT2D eigenvalue weighted by Gasteiger charge is 2.24. The zero-order chi connectivity index (χ0) is 13.8. The Morgan fingerprint density at radius 2 is 2.16 bits per heavy atom. The molecule has 19 heavy (non-hydrogen) atoms. The van der Waals surface area contributed by atoms with Gasteiger partial charge in [0.1, 0.15) is 0 Å². The molecule has 1 aliphatic rings. The first-order chi connectivity index (χ1) is 9.13. The van der Waals surface area contributed by atoms with E-state index in [0.717, 1.165) is 19.6 Å². The van der Waals surface area contributed by atoms with Crippen LogP contribution in [0.3, 0.4) is 0 Å². The minimum absolute atomic E-state index is 0.365. The minimum Gasteiger partial charge on any atom is -0.315 e. The van der Waals surface area contributed by atoms with E-state index in [1.54, 1.807) is 0 Å². The van der Waals surface area contributed by atoms with E-state index < -0.39 is 0 Å². The van der Waals surface area contributed by atoms with E-state index in [9.17, 15) is 0 Å². The molecule has 1 fully saturated rings. The lowest BCUT2D eigenvalue weighted by Crippen LogP contribution is -2.46. The Balaban J connectivity index is 2.14. The molecule has 2 nitrogen and oxygen atoms in total. The monoisotopic (exact) mass is 300 g/mol. The van der Waals surface area contributed by atoms with Gasteiger partial charge in [-0.25, -0.2) is 0 Å². The number of nitrogens with zero attached hydrogens (tertiary/aromatic N) is 1. The zero-order valence-electron chi connectivity index (χ0n) is 11.6. The quantitative estimate of drug-likeness (QED) is 0.899. The number of hydrogen-bond acceptors (Lipinski definition) is 2.